The topological polar surface area (TPSA) is 52.2 Å². The Morgan fingerprint density at radius 2 is 1.93 bits per heavy atom. The zero-order valence-corrected chi connectivity index (χ0v) is 16.1. The molecule has 28 heavy (non-hydrogen) atoms. The molecule has 1 N–H and O–H groups in total. The van der Waals surface area contributed by atoms with Crippen molar-refractivity contribution < 1.29 is 0 Å². The van der Waals surface area contributed by atoms with Gasteiger partial charge in [0.25, 0.3) is 5.56 Å². The minimum Gasteiger partial charge on any atom is -0.370 e. The lowest BCUT2D eigenvalue weighted by Gasteiger charge is -2.40. The first-order valence-electron chi connectivity index (χ1n) is 10.2. The van der Waals surface area contributed by atoms with Gasteiger partial charge in [0.15, 0.2) is 0 Å². The Balaban J connectivity index is 1.37. The van der Waals surface area contributed by atoms with Crippen LogP contribution in [0.5, 0.6) is 0 Å². The lowest BCUT2D eigenvalue weighted by atomic mass is 9.79. The van der Waals surface area contributed by atoms with E-state index in [2.05, 4.69) is 56.2 Å². The van der Waals surface area contributed by atoms with Gasteiger partial charge in [-0.1, -0.05) is 30.3 Å². The van der Waals surface area contributed by atoms with E-state index < -0.39 is 0 Å². The van der Waals surface area contributed by atoms with Crippen molar-refractivity contribution in [2.24, 2.45) is 5.41 Å². The van der Waals surface area contributed by atoms with Gasteiger partial charge >= 0.3 is 0 Å². The third-order valence-corrected chi connectivity index (χ3v) is 6.36. The number of piperidine rings is 1. The number of H-pyrrole nitrogens is 1. The van der Waals surface area contributed by atoms with Crippen LogP contribution in [0.25, 0.3) is 11.0 Å². The first-order chi connectivity index (χ1) is 13.7. The molecule has 144 valence electrons. The number of likely N-dealkylation sites (tertiary alicyclic amines) is 1. The maximum Gasteiger partial charge on any atom is 0.251 e. The molecule has 1 spiro atoms. The predicted molar refractivity (Wildman–Crippen MR) is 113 cm³/mol. The molecule has 2 aliphatic rings. The Bertz CT molecular complexity index is 1030. The minimum absolute atomic E-state index is 0.0727. The normalized spacial score (nSPS) is 22.9. The van der Waals surface area contributed by atoms with E-state index >= 15 is 0 Å². The minimum atomic E-state index is -0.0727. The number of nitrogens with one attached hydrogen (secondary N) is 1. The fourth-order valence-corrected chi connectivity index (χ4v) is 5.09. The molecule has 2 aliphatic heterocycles. The van der Waals surface area contributed by atoms with Gasteiger partial charge in [0, 0.05) is 49.2 Å². The Morgan fingerprint density at radius 3 is 2.82 bits per heavy atom. The van der Waals surface area contributed by atoms with Crippen molar-refractivity contribution in [1.29, 1.82) is 0 Å². The van der Waals surface area contributed by atoms with Crippen molar-refractivity contribution in [3.63, 3.8) is 0 Å². The number of hydrogen-bond donors (Lipinski definition) is 1. The van der Waals surface area contributed by atoms with Crippen LogP contribution in [0.2, 0.25) is 0 Å². The smallest absolute Gasteiger partial charge is 0.251 e. The van der Waals surface area contributed by atoms with E-state index in [1.54, 1.807) is 12.3 Å². The van der Waals surface area contributed by atoms with Gasteiger partial charge in [-0.15, -0.1) is 0 Å². The van der Waals surface area contributed by atoms with Crippen molar-refractivity contribution in [2.45, 2.75) is 25.8 Å². The van der Waals surface area contributed by atoms with Crippen molar-refractivity contribution in [1.82, 2.24) is 14.9 Å². The maximum absolute atomic E-state index is 12.2. The summed E-state index contributed by atoms with van der Waals surface area (Å²) in [5.41, 5.74) is 3.35. The molecular formula is C23H26N4O. The van der Waals surface area contributed by atoms with Gasteiger partial charge in [-0.25, -0.2) is 4.98 Å². The number of fused-ring (bicyclic) bond motifs is 1. The van der Waals surface area contributed by atoms with Gasteiger partial charge in [-0.3, -0.25) is 9.69 Å². The van der Waals surface area contributed by atoms with Crippen LogP contribution in [0.3, 0.4) is 0 Å². The predicted octanol–water partition coefficient (Wildman–Crippen LogP) is 3.42. The molecular weight excluding hydrogens is 348 g/mol. The second-order valence-electron chi connectivity index (χ2n) is 8.39. The first kappa shape index (κ1) is 17.4. The third kappa shape index (κ3) is 3.31. The van der Waals surface area contributed by atoms with Gasteiger partial charge in [-0.2, -0.15) is 0 Å². The average molecular weight is 374 g/mol. The lowest BCUT2D eigenvalue weighted by Crippen LogP contribution is -2.44. The molecule has 5 heteroatoms. The molecule has 5 nitrogen and oxygen atoms in total. The van der Waals surface area contributed by atoms with Crippen LogP contribution < -0.4 is 10.5 Å². The second-order valence-corrected chi connectivity index (χ2v) is 8.39. The molecule has 2 saturated heterocycles. The van der Waals surface area contributed by atoms with E-state index in [9.17, 15) is 4.79 Å². The molecule has 0 radical (unpaired) electrons. The number of aromatic amines is 1. The van der Waals surface area contributed by atoms with E-state index in [1.807, 2.05) is 6.07 Å². The number of hydrogen-bond acceptors (Lipinski definition) is 4. The number of aromatic nitrogens is 2. The summed E-state index contributed by atoms with van der Waals surface area (Å²) in [7, 11) is 0. The van der Waals surface area contributed by atoms with E-state index in [1.165, 1.54) is 31.4 Å². The molecule has 5 rings (SSSR count). The van der Waals surface area contributed by atoms with Gasteiger partial charge in [0.05, 0.1) is 5.69 Å². The molecule has 2 aromatic heterocycles. The van der Waals surface area contributed by atoms with Crippen LogP contribution in [0.4, 0.5) is 5.69 Å². The van der Waals surface area contributed by atoms with Gasteiger partial charge < -0.3 is 9.88 Å². The highest BCUT2D eigenvalue weighted by Crippen LogP contribution is 2.41. The van der Waals surface area contributed by atoms with Crippen LogP contribution in [0.15, 0.2) is 59.5 Å². The molecule has 0 saturated carbocycles. The van der Waals surface area contributed by atoms with Gasteiger partial charge in [0.2, 0.25) is 0 Å². The molecule has 3 aromatic rings. The largest absolute Gasteiger partial charge is 0.370 e. The maximum atomic E-state index is 12.2. The molecule has 4 heterocycles. The lowest BCUT2D eigenvalue weighted by molar-refractivity contribution is 0.0992. The van der Waals surface area contributed by atoms with E-state index in [-0.39, 0.29) is 5.56 Å². The van der Waals surface area contributed by atoms with Crippen molar-refractivity contribution in [3.05, 3.63) is 70.6 Å². The van der Waals surface area contributed by atoms with Crippen molar-refractivity contribution >= 4 is 16.7 Å². The second kappa shape index (κ2) is 7.06. The van der Waals surface area contributed by atoms with Crippen LogP contribution in [-0.2, 0) is 6.54 Å². The summed E-state index contributed by atoms with van der Waals surface area (Å²) >= 11 is 0. The van der Waals surface area contributed by atoms with Crippen LogP contribution in [0.1, 0.15) is 24.8 Å². The van der Waals surface area contributed by atoms with E-state index in [0.717, 1.165) is 37.3 Å². The third-order valence-electron chi connectivity index (χ3n) is 6.36. The summed E-state index contributed by atoms with van der Waals surface area (Å²) < 4.78 is 0. The Hall–Kier alpha value is -2.66. The highest BCUT2D eigenvalue weighted by molar-refractivity contribution is 5.89. The Morgan fingerprint density at radius 1 is 1.04 bits per heavy atom. The van der Waals surface area contributed by atoms with Crippen molar-refractivity contribution in [3.8, 4) is 0 Å². The molecule has 1 atom stereocenters. The quantitative estimate of drug-likeness (QED) is 0.763. The highest BCUT2D eigenvalue weighted by atomic mass is 16.1. The first-order valence-corrected chi connectivity index (χ1v) is 10.2. The van der Waals surface area contributed by atoms with Crippen LogP contribution >= 0.6 is 0 Å². The van der Waals surface area contributed by atoms with Gasteiger partial charge in [-0.05, 0) is 43.5 Å². The summed E-state index contributed by atoms with van der Waals surface area (Å²) in [6.07, 6.45) is 5.44. The average Bonchev–Trinajstić information content (AvgIpc) is 3.11. The molecule has 0 aliphatic carbocycles. The molecule has 1 unspecified atom stereocenters. The Labute approximate surface area is 165 Å². The van der Waals surface area contributed by atoms with Crippen molar-refractivity contribution in [2.75, 3.05) is 31.1 Å². The number of rotatable bonds is 3. The molecule has 2 fully saturated rings. The Kier molecular flexibility index (Phi) is 4.40. The molecule has 0 bridgehead atoms. The number of nitrogens with zero attached hydrogens (tertiary/aromatic N) is 3. The summed E-state index contributed by atoms with van der Waals surface area (Å²) in [6, 6.07) is 16.5. The van der Waals surface area contributed by atoms with Gasteiger partial charge in [0.1, 0.15) is 5.65 Å². The number of pyridine rings is 2. The standard InChI is InChI=1S/C23H26N4O/c28-21-14-20(19-8-4-11-24-22(19)25-21)27-13-10-23(17-27)9-5-12-26(16-23)15-18-6-2-1-3-7-18/h1-4,6-8,11,14H,5,9-10,12-13,15-17H2,(H,24,25,28). The highest BCUT2D eigenvalue weighted by Gasteiger charge is 2.41. The van der Waals surface area contributed by atoms with E-state index in [0.29, 0.717) is 11.1 Å². The molecule has 0 amide bonds. The summed E-state index contributed by atoms with van der Waals surface area (Å²) in [4.78, 5) is 24.4. The zero-order valence-electron chi connectivity index (χ0n) is 16.1. The zero-order chi connectivity index (χ0) is 19.0. The summed E-state index contributed by atoms with van der Waals surface area (Å²) in [5.74, 6) is 0. The monoisotopic (exact) mass is 374 g/mol. The molecule has 1 aromatic carbocycles. The van der Waals surface area contributed by atoms with Crippen LogP contribution in [-0.4, -0.2) is 41.0 Å². The fraction of sp³-hybridized carbons (Fsp3) is 0.391. The fourth-order valence-electron chi connectivity index (χ4n) is 5.09. The van der Waals surface area contributed by atoms with E-state index in [4.69, 9.17) is 0 Å². The number of anilines is 1. The summed E-state index contributed by atoms with van der Waals surface area (Å²) in [5, 5.41) is 1.04. The SMILES string of the molecule is O=c1cc(N2CCC3(CCCN(Cc4ccccc4)C3)C2)c2cccnc2[nH]1. The van der Waals surface area contributed by atoms with Crippen LogP contribution in [0, 0.1) is 5.41 Å². The number of benzene rings is 1. The summed E-state index contributed by atoms with van der Waals surface area (Å²) in [6.45, 7) is 5.37.